The number of aromatic nitrogens is 3. The standard InChI is InChI=1S/C15H18ClN3O/c1-15(20,12-4-6-13(16)7-5-12)14(11-2-3-11)8-19-10-17-9-18-19/h4-7,9-11,14,20H,2-3,8H2,1H3. The molecule has 1 N–H and O–H groups in total. The van der Waals surface area contributed by atoms with Gasteiger partial charge in [-0.05, 0) is 43.4 Å². The topological polar surface area (TPSA) is 50.9 Å². The molecule has 0 amide bonds. The molecule has 0 bridgehead atoms. The van der Waals surface area contributed by atoms with Gasteiger partial charge in [-0.25, -0.2) is 4.98 Å². The number of benzene rings is 1. The second kappa shape index (κ2) is 5.19. The van der Waals surface area contributed by atoms with E-state index in [1.54, 1.807) is 11.0 Å². The normalized spacial score (nSPS) is 19.6. The Kier molecular flexibility index (Phi) is 3.52. The van der Waals surface area contributed by atoms with Crippen LogP contribution in [-0.2, 0) is 12.1 Å². The molecule has 2 unspecified atom stereocenters. The Morgan fingerprint density at radius 1 is 1.40 bits per heavy atom. The highest BCUT2D eigenvalue weighted by Gasteiger charge is 2.44. The summed E-state index contributed by atoms with van der Waals surface area (Å²) in [6.07, 6.45) is 5.57. The lowest BCUT2D eigenvalue weighted by atomic mass is 9.80. The lowest BCUT2D eigenvalue weighted by Crippen LogP contribution is -2.36. The summed E-state index contributed by atoms with van der Waals surface area (Å²) in [5.41, 5.74) is 0.0106. The number of aliphatic hydroxyl groups is 1. The zero-order valence-corrected chi connectivity index (χ0v) is 12.2. The minimum Gasteiger partial charge on any atom is -0.385 e. The molecule has 20 heavy (non-hydrogen) atoms. The zero-order chi connectivity index (χ0) is 14.2. The molecule has 0 spiro atoms. The van der Waals surface area contributed by atoms with Gasteiger partial charge in [0, 0.05) is 17.5 Å². The molecule has 0 radical (unpaired) electrons. The van der Waals surface area contributed by atoms with Gasteiger partial charge in [0.2, 0.25) is 0 Å². The minimum atomic E-state index is -0.891. The highest BCUT2D eigenvalue weighted by atomic mass is 35.5. The van der Waals surface area contributed by atoms with E-state index in [0.717, 1.165) is 5.56 Å². The fourth-order valence-corrected chi connectivity index (χ4v) is 2.94. The third kappa shape index (κ3) is 2.72. The summed E-state index contributed by atoms with van der Waals surface area (Å²) in [4.78, 5) is 3.97. The molecule has 1 aliphatic rings. The first-order valence-corrected chi connectivity index (χ1v) is 7.26. The van der Waals surface area contributed by atoms with E-state index in [9.17, 15) is 5.11 Å². The molecule has 4 nitrogen and oxygen atoms in total. The fourth-order valence-electron chi connectivity index (χ4n) is 2.81. The van der Waals surface area contributed by atoms with Crippen molar-refractivity contribution < 1.29 is 5.11 Å². The smallest absolute Gasteiger partial charge is 0.137 e. The van der Waals surface area contributed by atoms with E-state index in [1.807, 2.05) is 31.2 Å². The molecule has 3 rings (SSSR count). The Morgan fingerprint density at radius 2 is 2.10 bits per heavy atom. The zero-order valence-electron chi connectivity index (χ0n) is 11.4. The summed E-state index contributed by atoms with van der Waals surface area (Å²) in [7, 11) is 0. The second-order valence-corrected chi connectivity index (χ2v) is 6.15. The molecule has 1 saturated carbocycles. The number of hydrogen-bond donors (Lipinski definition) is 1. The first-order chi connectivity index (χ1) is 9.57. The summed E-state index contributed by atoms with van der Waals surface area (Å²) in [5.74, 6) is 0.676. The second-order valence-electron chi connectivity index (χ2n) is 5.72. The summed E-state index contributed by atoms with van der Waals surface area (Å²) >= 11 is 5.93. The lowest BCUT2D eigenvalue weighted by Gasteiger charge is -2.33. The van der Waals surface area contributed by atoms with Crippen molar-refractivity contribution in [1.82, 2.24) is 14.8 Å². The van der Waals surface area contributed by atoms with Crippen molar-refractivity contribution in [3.8, 4) is 0 Å². The van der Waals surface area contributed by atoms with E-state index in [2.05, 4.69) is 10.1 Å². The number of rotatable bonds is 5. The first-order valence-electron chi connectivity index (χ1n) is 6.88. The van der Waals surface area contributed by atoms with Crippen molar-refractivity contribution in [3.63, 3.8) is 0 Å². The van der Waals surface area contributed by atoms with Gasteiger partial charge in [0.05, 0.1) is 5.60 Å². The molecule has 1 aliphatic carbocycles. The number of halogens is 1. The minimum absolute atomic E-state index is 0.130. The number of hydrogen-bond acceptors (Lipinski definition) is 3. The van der Waals surface area contributed by atoms with Gasteiger partial charge in [-0.1, -0.05) is 23.7 Å². The molecule has 2 atom stereocenters. The molecule has 1 fully saturated rings. The van der Waals surface area contributed by atoms with Crippen molar-refractivity contribution >= 4 is 11.6 Å². The molecule has 1 aromatic carbocycles. The molecule has 5 heteroatoms. The molecular weight excluding hydrogens is 274 g/mol. The van der Waals surface area contributed by atoms with E-state index in [1.165, 1.54) is 19.2 Å². The molecule has 0 aliphatic heterocycles. The third-order valence-electron chi connectivity index (χ3n) is 4.19. The lowest BCUT2D eigenvalue weighted by molar-refractivity contribution is -0.0249. The van der Waals surface area contributed by atoms with Gasteiger partial charge in [-0.3, -0.25) is 4.68 Å². The summed E-state index contributed by atoms with van der Waals surface area (Å²) in [5, 5.41) is 15.9. The maximum atomic E-state index is 11.0. The Labute approximate surface area is 123 Å². The largest absolute Gasteiger partial charge is 0.385 e. The third-order valence-corrected chi connectivity index (χ3v) is 4.44. The maximum absolute atomic E-state index is 11.0. The Hall–Kier alpha value is -1.39. The van der Waals surface area contributed by atoms with Gasteiger partial charge < -0.3 is 5.11 Å². The molecule has 1 heterocycles. The van der Waals surface area contributed by atoms with Crippen molar-refractivity contribution in [2.45, 2.75) is 31.9 Å². The molecule has 106 valence electrons. The van der Waals surface area contributed by atoms with Crippen LogP contribution < -0.4 is 0 Å². The van der Waals surface area contributed by atoms with Crippen LogP contribution in [0, 0.1) is 11.8 Å². The van der Waals surface area contributed by atoms with Gasteiger partial charge in [0.1, 0.15) is 12.7 Å². The van der Waals surface area contributed by atoms with Gasteiger partial charge in [-0.2, -0.15) is 5.10 Å². The average Bonchev–Trinajstić information content (AvgIpc) is 3.12. The van der Waals surface area contributed by atoms with Crippen LogP contribution >= 0.6 is 11.6 Å². The summed E-state index contributed by atoms with van der Waals surface area (Å²) in [6, 6.07) is 7.45. The van der Waals surface area contributed by atoms with E-state index in [-0.39, 0.29) is 5.92 Å². The Bertz CT molecular complexity index is 561. The summed E-state index contributed by atoms with van der Waals surface area (Å²) < 4.78 is 1.80. The van der Waals surface area contributed by atoms with E-state index in [0.29, 0.717) is 17.5 Å². The van der Waals surface area contributed by atoms with Crippen molar-refractivity contribution in [1.29, 1.82) is 0 Å². The van der Waals surface area contributed by atoms with Crippen LogP contribution in [0.5, 0.6) is 0 Å². The number of nitrogens with zero attached hydrogens (tertiary/aromatic N) is 3. The van der Waals surface area contributed by atoms with Crippen LogP contribution in [0.3, 0.4) is 0 Å². The maximum Gasteiger partial charge on any atom is 0.137 e. The quantitative estimate of drug-likeness (QED) is 0.921. The Balaban J connectivity index is 1.87. The molecule has 2 aromatic rings. The average molecular weight is 292 g/mol. The van der Waals surface area contributed by atoms with E-state index >= 15 is 0 Å². The predicted molar refractivity (Wildman–Crippen MR) is 77.3 cm³/mol. The van der Waals surface area contributed by atoms with Crippen LogP contribution in [0.2, 0.25) is 5.02 Å². The van der Waals surface area contributed by atoms with Crippen LogP contribution in [0.15, 0.2) is 36.9 Å². The van der Waals surface area contributed by atoms with Gasteiger partial charge in [-0.15, -0.1) is 0 Å². The van der Waals surface area contributed by atoms with Gasteiger partial charge in [0.15, 0.2) is 0 Å². The fraction of sp³-hybridized carbons (Fsp3) is 0.467. The van der Waals surface area contributed by atoms with Gasteiger partial charge in [0.25, 0.3) is 0 Å². The van der Waals surface area contributed by atoms with Crippen molar-refractivity contribution in [3.05, 3.63) is 47.5 Å². The van der Waals surface area contributed by atoms with Crippen LogP contribution in [0.25, 0.3) is 0 Å². The summed E-state index contributed by atoms with van der Waals surface area (Å²) in [6.45, 7) is 2.57. The van der Waals surface area contributed by atoms with Crippen LogP contribution in [-0.4, -0.2) is 19.9 Å². The Morgan fingerprint density at radius 3 is 2.65 bits per heavy atom. The highest BCUT2D eigenvalue weighted by molar-refractivity contribution is 6.30. The molecule has 0 saturated heterocycles. The van der Waals surface area contributed by atoms with Crippen molar-refractivity contribution in [2.24, 2.45) is 11.8 Å². The van der Waals surface area contributed by atoms with Crippen LogP contribution in [0.1, 0.15) is 25.3 Å². The highest BCUT2D eigenvalue weighted by Crippen LogP contribution is 2.46. The first kappa shape index (κ1) is 13.6. The SMILES string of the molecule is CC(O)(c1ccc(Cl)cc1)C(Cn1cncn1)C1CC1. The van der Waals surface area contributed by atoms with Crippen LogP contribution in [0.4, 0.5) is 0 Å². The van der Waals surface area contributed by atoms with Crippen molar-refractivity contribution in [2.75, 3.05) is 0 Å². The van der Waals surface area contributed by atoms with E-state index < -0.39 is 5.60 Å². The monoisotopic (exact) mass is 291 g/mol. The van der Waals surface area contributed by atoms with Gasteiger partial charge >= 0.3 is 0 Å². The predicted octanol–water partition coefficient (Wildman–Crippen LogP) is 2.87. The van der Waals surface area contributed by atoms with E-state index in [4.69, 9.17) is 11.6 Å². The molecule has 1 aromatic heterocycles. The molecular formula is C15H18ClN3O.